The van der Waals surface area contributed by atoms with Crippen LogP contribution in [0.3, 0.4) is 0 Å². The predicted octanol–water partition coefficient (Wildman–Crippen LogP) is 2.76. The number of rotatable bonds is 8. The second kappa shape index (κ2) is 9.19. The number of benzene rings is 1. The minimum Gasteiger partial charge on any atom is -0.313 e. The first kappa shape index (κ1) is 16.5. The molecule has 0 saturated carbocycles. The molecule has 1 aromatic carbocycles. The Morgan fingerprint density at radius 2 is 1.90 bits per heavy atom. The minimum absolute atomic E-state index is 0.661. The lowest BCUT2D eigenvalue weighted by Gasteiger charge is -2.24. The van der Waals surface area contributed by atoms with Crippen molar-refractivity contribution in [2.75, 3.05) is 26.2 Å². The summed E-state index contributed by atoms with van der Waals surface area (Å²) in [7, 11) is 0. The van der Waals surface area contributed by atoms with E-state index in [1.54, 1.807) is 0 Å². The Bertz CT molecular complexity index is 395. The van der Waals surface area contributed by atoms with Crippen LogP contribution < -0.4 is 10.6 Å². The van der Waals surface area contributed by atoms with Crippen LogP contribution in [0.1, 0.15) is 44.2 Å². The summed E-state index contributed by atoms with van der Waals surface area (Å²) in [6.45, 7) is 11.0. The molecular weight excluding hydrogens is 258 g/mol. The summed E-state index contributed by atoms with van der Waals surface area (Å²) in [6, 6.07) is 9.51. The zero-order valence-electron chi connectivity index (χ0n) is 13.7. The van der Waals surface area contributed by atoms with Crippen molar-refractivity contribution >= 4 is 0 Å². The second-order valence-electron chi connectivity index (χ2n) is 6.01. The van der Waals surface area contributed by atoms with Crippen LogP contribution in [0.2, 0.25) is 0 Å². The van der Waals surface area contributed by atoms with Crippen molar-refractivity contribution in [1.29, 1.82) is 0 Å². The molecule has 3 heteroatoms. The van der Waals surface area contributed by atoms with Gasteiger partial charge in [-0.05, 0) is 43.6 Å². The third kappa shape index (κ3) is 5.42. The fraction of sp³-hybridized carbons (Fsp3) is 0.667. The van der Waals surface area contributed by atoms with E-state index in [2.05, 4.69) is 53.6 Å². The average Bonchev–Trinajstić information content (AvgIpc) is 2.55. The molecule has 1 atom stereocenters. The van der Waals surface area contributed by atoms with E-state index in [1.165, 1.54) is 36.9 Å². The highest BCUT2D eigenvalue weighted by Crippen LogP contribution is 2.12. The highest BCUT2D eigenvalue weighted by atomic mass is 15.1. The number of nitrogens with one attached hydrogen (secondary N) is 2. The largest absolute Gasteiger partial charge is 0.313 e. The van der Waals surface area contributed by atoms with Crippen LogP contribution in [0.4, 0.5) is 0 Å². The van der Waals surface area contributed by atoms with Crippen molar-refractivity contribution in [2.45, 2.75) is 52.2 Å². The van der Waals surface area contributed by atoms with Gasteiger partial charge in [-0.1, -0.05) is 44.5 Å². The van der Waals surface area contributed by atoms with Crippen molar-refractivity contribution < 1.29 is 0 Å². The van der Waals surface area contributed by atoms with Gasteiger partial charge in [0.2, 0.25) is 0 Å². The predicted molar refractivity (Wildman–Crippen MR) is 90.4 cm³/mol. The Labute approximate surface area is 130 Å². The fourth-order valence-corrected chi connectivity index (χ4v) is 3.05. The van der Waals surface area contributed by atoms with E-state index in [4.69, 9.17) is 0 Å². The highest BCUT2D eigenvalue weighted by Gasteiger charge is 2.12. The first-order valence-corrected chi connectivity index (χ1v) is 8.56. The molecule has 1 aliphatic heterocycles. The van der Waals surface area contributed by atoms with Gasteiger partial charge in [-0.15, -0.1) is 0 Å². The van der Waals surface area contributed by atoms with Gasteiger partial charge < -0.3 is 10.6 Å². The summed E-state index contributed by atoms with van der Waals surface area (Å²) in [6.07, 6.45) is 4.02. The lowest BCUT2D eigenvalue weighted by atomic mass is 10.0. The van der Waals surface area contributed by atoms with Crippen molar-refractivity contribution in [3.8, 4) is 0 Å². The SMILES string of the molecule is CCN(CC)Cc1ccccc1CNCC1CCCCN1. The van der Waals surface area contributed by atoms with Crippen molar-refractivity contribution in [2.24, 2.45) is 0 Å². The number of nitrogens with zero attached hydrogens (tertiary/aromatic N) is 1. The molecule has 0 amide bonds. The first-order valence-electron chi connectivity index (χ1n) is 8.56. The van der Waals surface area contributed by atoms with Crippen LogP contribution in [0.15, 0.2) is 24.3 Å². The molecule has 3 nitrogen and oxygen atoms in total. The van der Waals surface area contributed by atoms with Crippen LogP contribution in [-0.2, 0) is 13.1 Å². The molecule has 1 aliphatic rings. The van der Waals surface area contributed by atoms with Crippen molar-refractivity contribution in [3.63, 3.8) is 0 Å². The van der Waals surface area contributed by atoms with Gasteiger partial charge in [-0.25, -0.2) is 0 Å². The molecule has 1 unspecified atom stereocenters. The molecular formula is C18H31N3. The number of hydrogen-bond donors (Lipinski definition) is 2. The van der Waals surface area contributed by atoms with Gasteiger partial charge in [0.15, 0.2) is 0 Å². The molecule has 0 aromatic heterocycles. The van der Waals surface area contributed by atoms with E-state index >= 15 is 0 Å². The topological polar surface area (TPSA) is 27.3 Å². The number of piperidine rings is 1. The third-order valence-electron chi connectivity index (χ3n) is 4.53. The summed E-state index contributed by atoms with van der Waals surface area (Å²) in [5, 5.41) is 7.24. The Balaban J connectivity index is 1.84. The second-order valence-corrected chi connectivity index (χ2v) is 6.01. The van der Waals surface area contributed by atoms with Gasteiger partial charge in [-0.2, -0.15) is 0 Å². The molecule has 1 aromatic rings. The van der Waals surface area contributed by atoms with Crippen LogP contribution in [0.5, 0.6) is 0 Å². The monoisotopic (exact) mass is 289 g/mol. The quantitative estimate of drug-likeness (QED) is 0.770. The van der Waals surface area contributed by atoms with E-state index in [1.807, 2.05) is 0 Å². The van der Waals surface area contributed by atoms with E-state index in [-0.39, 0.29) is 0 Å². The molecule has 118 valence electrons. The van der Waals surface area contributed by atoms with E-state index in [0.29, 0.717) is 6.04 Å². The summed E-state index contributed by atoms with van der Waals surface area (Å²) in [5.74, 6) is 0. The molecule has 0 bridgehead atoms. The lowest BCUT2D eigenvalue weighted by molar-refractivity contribution is 0.294. The standard InChI is InChI=1S/C18H31N3/c1-3-21(4-2)15-17-10-6-5-9-16(17)13-19-14-18-11-7-8-12-20-18/h5-6,9-10,18-20H,3-4,7-8,11-15H2,1-2H3. The average molecular weight is 289 g/mol. The van der Waals surface area contributed by atoms with Gasteiger partial charge in [-0.3, -0.25) is 4.90 Å². The van der Waals surface area contributed by atoms with Gasteiger partial charge >= 0.3 is 0 Å². The van der Waals surface area contributed by atoms with Crippen molar-refractivity contribution in [3.05, 3.63) is 35.4 Å². The molecule has 1 saturated heterocycles. The molecule has 2 N–H and O–H groups in total. The number of hydrogen-bond acceptors (Lipinski definition) is 3. The fourth-order valence-electron chi connectivity index (χ4n) is 3.05. The first-order chi connectivity index (χ1) is 10.3. The normalized spacial score (nSPS) is 19.1. The van der Waals surface area contributed by atoms with E-state index < -0.39 is 0 Å². The minimum atomic E-state index is 0.661. The molecule has 2 rings (SSSR count). The summed E-state index contributed by atoms with van der Waals surface area (Å²) >= 11 is 0. The Morgan fingerprint density at radius 3 is 2.57 bits per heavy atom. The maximum absolute atomic E-state index is 3.64. The molecule has 0 radical (unpaired) electrons. The van der Waals surface area contributed by atoms with Crippen LogP contribution in [0.25, 0.3) is 0 Å². The van der Waals surface area contributed by atoms with E-state index in [9.17, 15) is 0 Å². The zero-order chi connectivity index (χ0) is 14.9. The van der Waals surface area contributed by atoms with Crippen molar-refractivity contribution in [1.82, 2.24) is 15.5 Å². The summed E-state index contributed by atoms with van der Waals surface area (Å²) in [5.41, 5.74) is 2.91. The maximum Gasteiger partial charge on any atom is 0.0236 e. The molecule has 0 spiro atoms. The van der Waals surface area contributed by atoms with Gasteiger partial charge in [0, 0.05) is 25.7 Å². The van der Waals surface area contributed by atoms with Gasteiger partial charge in [0.25, 0.3) is 0 Å². The Hall–Kier alpha value is -0.900. The molecule has 21 heavy (non-hydrogen) atoms. The molecule has 1 heterocycles. The van der Waals surface area contributed by atoms with Crippen LogP contribution in [-0.4, -0.2) is 37.1 Å². The third-order valence-corrected chi connectivity index (χ3v) is 4.53. The van der Waals surface area contributed by atoms with Gasteiger partial charge in [0.1, 0.15) is 0 Å². The summed E-state index contributed by atoms with van der Waals surface area (Å²) in [4.78, 5) is 2.47. The van der Waals surface area contributed by atoms with E-state index in [0.717, 1.165) is 32.7 Å². The molecule has 1 fully saturated rings. The highest BCUT2D eigenvalue weighted by molar-refractivity contribution is 5.27. The summed E-state index contributed by atoms with van der Waals surface area (Å²) < 4.78 is 0. The Kier molecular flexibility index (Phi) is 7.20. The van der Waals surface area contributed by atoms with Gasteiger partial charge in [0.05, 0.1) is 0 Å². The van der Waals surface area contributed by atoms with Crippen LogP contribution in [0, 0.1) is 0 Å². The molecule has 0 aliphatic carbocycles. The lowest BCUT2D eigenvalue weighted by Crippen LogP contribution is -2.41. The Morgan fingerprint density at radius 1 is 1.14 bits per heavy atom. The maximum atomic E-state index is 3.64. The smallest absolute Gasteiger partial charge is 0.0236 e. The zero-order valence-corrected chi connectivity index (χ0v) is 13.7. The van der Waals surface area contributed by atoms with Crippen LogP contribution >= 0.6 is 0 Å².